The van der Waals surface area contributed by atoms with Crippen molar-refractivity contribution in [1.29, 1.82) is 0 Å². The van der Waals surface area contributed by atoms with Crippen LogP contribution in [0.1, 0.15) is 31.2 Å². The Morgan fingerprint density at radius 1 is 1.14 bits per heavy atom. The molecule has 0 atom stereocenters. The number of pyridine rings is 1. The van der Waals surface area contributed by atoms with Gasteiger partial charge in [0.15, 0.2) is 0 Å². The molecule has 0 aromatic carbocycles. The van der Waals surface area contributed by atoms with Crippen LogP contribution in [-0.2, 0) is 7.05 Å². The minimum absolute atomic E-state index is 0.698. The summed E-state index contributed by atoms with van der Waals surface area (Å²) in [4.78, 5) is 7.12. The fraction of sp³-hybridized carbons (Fsp3) is 0.625. The zero-order valence-corrected chi connectivity index (χ0v) is 12.8. The van der Waals surface area contributed by atoms with E-state index in [1.807, 2.05) is 17.9 Å². The molecule has 4 rings (SSSR count). The first-order valence-corrected chi connectivity index (χ1v) is 8.00. The first-order chi connectivity index (χ1) is 10.2. The Morgan fingerprint density at radius 3 is 2.57 bits per heavy atom. The summed E-state index contributed by atoms with van der Waals surface area (Å²) in [5.74, 6) is 1.11. The molecule has 0 bridgehead atoms. The van der Waals surface area contributed by atoms with Gasteiger partial charge in [-0.2, -0.15) is 5.10 Å². The second-order valence-electron chi connectivity index (χ2n) is 6.53. The summed E-state index contributed by atoms with van der Waals surface area (Å²) in [6, 6.07) is 1.51. The maximum atomic E-state index is 4.69. The lowest BCUT2D eigenvalue weighted by Gasteiger charge is -2.33. The molecule has 2 aliphatic rings. The second kappa shape index (κ2) is 4.98. The number of piperidine rings is 1. The Balaban J connectivity index is 1.55. The van der Waals surface area contributed by atoms with Crippen molar-refractivity contribution in [2.24, 2.45) is 7.05 Å². The molecule has 112 valence electrons. The molecule has 1 aliphatic heterocycles. The van der Waals surface area contributed by atoms with Gasteiger partial charge in [-0.25, -0.2) is 4.98 Å². The molecular formula is C16H23N5. The van der Waals surface area contributed by atoms with E-state index >= 15 is 0 Å². The number of hydrogen-bond acceptors (Lipinski definition) is 4. The van der Waals surface area contributed by atoms with E-state index in [1.165, 1.54) is 31.1 Å². The summed E-state index contributed by atoms with van der Waals surface area (Å²) in [5, 5.41) is 9.51. The molecule has 1 saturated carbocycles. The first-order valence-electron chi connectivity index (χ1n) is 8.00. The van der Waals surface area contributed by atoms with Gasteiger partial charge in [-0.3, -0.25) is 4.68 Å². The Kier molecular flexibility index (Phi) is 3.10. The fourth-order valence-electron chi connectivity index (χ4n) is 3.33. The van der Waals surface area contributed by atoms with Gasteiger partial charge in [0.2, 0.25) is 0 Å². The van der Waals surface area contributed by atoms with E-state index in [1.54, 1.807) is 0 Å². The number of fused-ring (bicyclic) bond motifs is 1. The van der Waals surface area contributed by atoms with Crippen LogP contribution >= 0.6 is 0 Å². The molecule has 1 saturated heterocycles. The summed E-state index contributed by atoms with van der Waals surface area (Å²) in [6.45, 7) is 4.26. The maximum absolute atomic E-state index is 4.69. The molecule has 5 heteroatoms. The zero-order chi connectivity index (χ0) is 14.4. The summed E-state index contributed by atoms with van der Waals surface area (Å²) < 4.78 is 1.89. The van der Waals surface area contributed by atoms with Gasteiger partial charge in [-0.1, -0.05) is 0 Å². The molecule has 2 aromatic heterocycles. The number of aromatic nitrogens is 3. The van der Waals surface area contributed by atoms with Gasteiger partial charge in [0.05, 0.1) is 5.39 Å². The van der Waals surface area contributed by atoms with Gasteiger partial charge < -0.3 is 10.2 Å². The Morgan fingerprint density at radius 2 is 1.86 bits per heavy atom. The highest BCUT2D eigenvalue weighted by Crippen LogP contribution is 2.29. The van der Waals surface area contributed by atoms with Crippen molar-refractivity contribution in [2.45, 2.75) is 44.7 Å². The Labute approximate surface area is 125 Å². The van der Waals surface area contributed by atoms with Crippen molar-refractivity contribution in [1.82, 2.24) is 20.1 Å². The number of nitrogens with one attached hydrogen (secondary N) is 1. The van der Waals surface area contributed by atoms with Crippen molar-refractivity contribution in [3.05, 3.63) is 18.0 Å². The second-order valence-corrected chi connectivity index (χ2v) is 6.53. The molecule has 0 spiro atoms. The lowest BCUT2D eigenvalue weighted by molar-refractivity contribution is 0.412. The predicted molar refractivity (Wildman–Crippen MR) is 84.6 cm³/mol. The highest BCUT2D eigenvalue weighted by Gasteiger charge is 2.28. The van der Waals surface area contributed by atoms with Crippen molar-refractivity contribution in [2.75, 3.05) is 18.0 Å². The lowest BCUT2D eigenvalue weighted by Crippen LogP contribution is -2.43. The van der Waals surface area contributed by atoms with Crippen LogP contribution in [-0.4, -0.2) is 39.9 Å². The monoisotopic (exact) mass is 285 g/mol. The van der Waals surface area contributed by atoms with E-state index < -0.39 is 0 Å². The standard InChI is InChI=1S/C16H23N5/c1-11-9-17-16(14-10-20(2)19-15(11)14)21-7-5-13(6-8-21)18-12-3-4-12/h9-10,12-13,18H,3-8H2,1-2H3. The van der Waals surface area contributed by atoms with Gasteiger partial charge in [0, 0.05) is 44.6 Å². The topological polar surface area (TPSA) is 46.0 Å². The molecular weight excluding hydrogens is 262 g/mol. The average molecular weight is 285 g/mol. The minimum atomic E-state index is 0.698. The van der Waals surface area contributed by atoms with Crippen LogP contribution in [0.3, 0.4) is 0 Å². The third-order valence-electron chi connectivity index (χ3n) is 4.67. The van der Waals surface area contributed by atoms with E-state index in [9.17, 15) is 0 Å². The molecule has 2 aromatic rings. The number of hydrogen-bond donors (Lipinski definition) is 1. The van der Waals surface area contributed by atoms with Crippen LogP contribution in [0.2, 0.25) is 0 Å². The van der Waals surface area contributed by atoms with E-state index in [0.29, 0.717) is 6.04 Å². The van der Waals surface area contributed by atoms with Gasteiger partial charge in [0.25, 0.3) is 0 Å². The highest BCUT2D eigenvalue weighted by atomic mass is 15.3. The Bertz CT molecular complexity index is 650. The number of aryl methyl sites for hydroxylation is 2. The highest BCUT2D eigenvalue weighted by molar-refractivity contribution is 5.91. The van der Waals surface area contributed by atoms with E-state index in [-0.39, 0.29) is 0 Å². The van der Waals surface area contributed by atoms with E-state index in [4.69, 9.17) is 4.98 Å². The zero-order valence-electron chi connectivity index (χ0n) is 12.8. The van der Waals surface area contributed by atoms with E-state index in [2.05, 4.69) is 28.4 Å². The van der Waals surface area contributed by atoms with Gasteiger partial charge in [0.1, 0.15) is 11.3 Å². The summed E-state index contributed by atoms with van der Waals surface area (Å²) in [5.41, 5.74) is 2.24. The maximum Gasteiger partial charge on any atom is 0.139 e. The molecule has 3 heterocycles. The van der Waals surface area contributed by atoms with Crippen molar-refractivity contribution >= 4 is 16.7 Å². The SMILES string of the molecule is Cc1cnc(N2CCC(NC3CC3)CC2)c2cn(C)nc12. The van der Waals surface area contributed by atoms with Crippen molar-refractivity contribution in [3.8, 4) is 0 Å². The molecule has 0 amide bonds. The Hall–Kier alpha value is -1.62. The fourth-order valence-corrected chi connectivity index (χ4v) is 3.33. The third kappa shape index (κ3) is 2.50. The van der Waals surface area contributed by atoms with Crippen LogP contribution in [0, 0.1) is 6.92 Å². The van der Waals surface area contributed by atoms with Gasteiger partial charge in [-0.05, 0) is 38.2 Å². The van der Waals surface area contributed by atoms with Crippen LogP contribution in [0.4, 0.5) is 5.82 Å². The molecule has 0 radical (unpaired) electrons. The van der Waals surface area contributed by atoms with Crippen molar-refractivity contribution in [3.63, 3.8) is 0 Å². The molecule has 5 nitrogen and oxygen atoms in total. The summed E-state index contributed by atoms with van der Waals surface area (Å²) >= 11 is 0. The smallest absolute Gasteiger partial charge is 0.139 e. The largest absolute Gasteiger partial charge is 0.356 e. The lowest BCUT2D eigenvalue weighted by atomic mass is 10.0. The van der Waals surface area contributed by atoms with Crippen molar-refractivity contribution < 1.29 is 0 Å². The minimum Gasteiger partial charge on any atom is -0.356 e. The number of nitrogens with zero attached hydrogens (tertiary/aromatic N) is 4. The normalized spacial score (nSPS) is 20.4. The number of rotatable bonds is 3. The predicted octanol–water partition coefficient (Wildman–Crippen LogP) is 2.00. The number of anilines is 1. The van der Waals surface area contributed by atoms with Crippen LogP contribution < -0.4 is 10.2 Å². The molecule has 1 aliphatic carbocycles. The average Bonchev–Trinajstić information content (AvgIpc) is 3.20. The van der Waals surface area contributed by atoms with E-state index in [0.717, 1.165) is 36.0 Å². The van der Waals surface area contributed by atoms with Crippen LogP contribution in [0.25, 0.3) is 10.9 Å². The van der Waals surface area contributed by atoms with Crippen LogP contribution in [0.15, 0.2) is 12.4 Å². The van der Waals surface area contributed by atoms with Gasteiger partial charge in [-0.15, -0.1) is 0 Å². The third-order valence-corrected chi connectivity index (χ3v) is 4.67. The first kappa shape index (κ1) is 13.1. The van der Waals surface area contributed by atoms with Gasteiger partial charge >= 0.3 is 0 Å². The molecule has 21 heavy (non-hydrogen) atoms. The summed E-state index contributed by atoms with van der Waals surface area (Å²) in [7, 11) is 1.98. The quantitative estimate of drug-likeness (QED) is 0.937. The summed E-state index contributed by atoms with van der Waals surface area (Å²) in [6.07, 6.45) is 9.23. The molecule has 2 fully saturated rings. The van der Waals surface area contributed by atoms with Crippen LogP contribution in [0.5, 0.6) is 0 Å². The molecule has 1 N–H and O–H groups in total. The molecule has 0 unspecified atom stereocenters.